The molecule has 2 N–H and O–H groups in total. The van der Waals surface area contributed by atoms with Gasteiger partial charge in [0.15, 0.2) is 0 Å². The van der Waals surface area contributed by atoms with Crippen molar-refractivity contribution in [2.75, 3.05) is 17.2 Å². The topological polar surface area (TPSA) is 49.8 Å². The van der Waals surface area contributed by atoms with E-state index in [0.29, 0.717) is 5.95 Å². The van der Waals surface area contributed by atoms with E-state index in [-0.39, 0.29) is 0 Å². The summed E-state index contributed by atoms with van der Waals surface area (Å²) in [6, 6.07) is 6.35. The molecule has 2 heterocycles. The summed E-state index contributed by atoms with van der Waals surface area (Å²) in [7, 11) is 0. The first-order valence-corrected chi connectivity index (χ1v) is 7.94. The molecular formula is C15H22N4S. The van der Waals surface area contributed by atoms with Crippen LogP contribution in [0.1, 0.15) is 35.7 Å². The number of hydrogen-bond acceptors (Lipinski definition) is 5. The van der Waals surface area contributed by atoms with E-state index in [9.17, 15) is 0 Å². The third kappa shape index (κ3) is 4.20. The first-order valence-electron chi connectivity index (χ1n) is 7.12. The number of aromatic nitrogens is 2. The van der Waals surface area contributed by atoms with Crippen LogP contribution in [0.15, 0.2) is 18.2 Å². The normalized spacial score (nSPS) is 10.6. The number of anilines is 2. The van der Waals surface area contributed by atoms with Crippen LogP contribution in [0.25, 0.3) is 0 Å². The fourth-order valence-electron chi connectivity index (χ4n) is 1.86. The summed E-state index contributed by atoms with van der Waals surface area (Å²) in [5, 5.41) is 6.60. The average Bonchev–Trinajstić information content (AvgIpc) is 2.90. The molecule has 0 aliphatic rings. The Morgan fingerprint density at radius 2 is 1.90 bits per heavy atom. The molecule has 0 aliphatic carbocycles. The van der Waals surface area contributed by atoms with Crippen LogP contribution >= 0.6 is 11.3 Å². The van der Waals surface area contributed by atoms with Crippen LogP contribution in [0.3, 0.4) is 0 Å². The van der Waals surface area contributed by atoms with Crippen LogP contribution in [-0.2, 0) is 13.0 Å². The number of thiophene rings is 1. The molecule has 4 nitrogen and oxygen atoms in total. The number of hydrogen-bond donors (Lipinski definition) is 2. The van der Waals surface area contributed by atoms with E-state index in [1.165, 1.54) is 9.75 Å². The van der Waals surface area contributed by atoms with Gasteiger partial charge in [0.05, 0.1) is 6.54 Å². The Hall–Kier alpha value is -1.62. The number of nitrogens with zero attached hydrogens (tertiary/aromatic N) is 2. The van der Waals surface area contributed by atoms with E-state index in [0.717, 1.165) is 37.4 Å². The van der Waals surface area contributed by atoms with Crippen LogP contribution in [0.5, 0.6) is 0 Å². The van der Waals surface area contributed by atoms with Crippen molar-refractivity contribution in [2.24, 2.45) is 0 Å². The maximum Gasteiger partial charge on any atom is 0.224 e. The molecule has 0 saturated carbocycles. The lowest BCUT2D eigenvalue weighted by Gasteiger charge is -2.08. The van der Waals surface area contributed by atoms with Gasteiger partial charge in [-0.25, -0.2) is 4.98 Å². The van der Waals surface area contributed by atoms with Gasteiger partial charge >= 0.3 is 0 Å². The highest BCUT2D eigenvalue weighted by atomic mass is 32.1. The molecule has 5 heteroatoms. The Kier molecular flexibility index (Phi) is 5.35. The molecule has 0 bridgehead atoms. The van der Waals surface area contributed by atoms with Crippen LogP contribution < -0.4 is 10.6 Å². The third-order valence-corrected chi connectivity index (χ3v) is 4.13. The maximum absolute atomic E-state index is 4.48. The van der Waals surface area contributed by atoms with Crippen molar-refractivity contribution in [2.45, 2.75) is 40.2 Å². The molecule has 2 aromatic rings. The summed E-state index contributed by atoms with van der Waals surface area (Å²) in [4.78, 5) is 11.6. The van der Waals surface area contributed by atoms with Gasteiger partial charge < -0.3 is 10.6 Å². The standard InChI is InChI=1S/C15H22N4S/c1-4-8-16-15-18-11(3)9-14(19-15)17-10-13-7-6-12(5-2)20-13/h6-7,9H,4-5,8,10H2,1-3H3,(H2,16,17,18,19). The molecule has 0 aromatic carbocycles. The van der Waals surface area contributed by atoms with Crippen molar-refractivity contribution < 1.29 is 0 Å². The molecular weight excluding hydrogens is 268 g/mol. The predicted octanol–water partition coefficient (Wildman–Crippen LogP) is 3.84. The molecule has 0 aliphatic heterocycles. The van der Waals surface area contributed by atoms with E-state index < -0.39 is 0 Å². The highest BCUT2D eigenvalue weighted by Gasteiger charge is 2.03. The van der Waals surface area contributed by atoms with Gasteiger partial charge in [-0.05, 0) is 31.9 Å². The van der Waals surface area contributed by atoms with E-state index in [4.69, 9.17) is 0 Å². The first kappa shape index (κ1) is 14.8. The van der Waals surface area contributed by atoms with Crippen LogP contribution in [-0.4, -0.2) is 16.5 Å². The largest absolute Gasteiger partial charge is 0.365 e. The van der Waals surface area contributed by atoms with Crippen molar-refractivity contribution in [3.63, 3.8) is 0 Å². The van der Waals surface area contributed by atoms with Gasteiger partial charge in [-0.3, -0.25) is 0 Å². The second-order valence-electron chi connectivity index (χ2n) is 4.72. The molecule has 0 atom stereocenters. The zero-order valence-electron chi connectivity index (χ0n) is 12.4. The lowest BCUT2D eigenvalue weighted by molar-refractivity contribution is 0.944. The highest BCUT2D eigenvalue weighted by molar-refractivity contribution is 7.12. The molecule has 0 spiro atoms. The molecule has 0 saturated heterocycles. The van der Waals surface area contributed by atoms with E-state index in [1.54, 1.807) is 0 Å². The molecule has 20 heavy (non-hydrogen) atoms. The fraction of sp³-hybridized carbons (Fsp3) is 0.467. The lowest BCUT2D eigenvalue weighted by Crippen LogP contribution is -2.08. The Bertz CT molecular complexity index is 551. The Morgan fingerprint density at radius 3 is 2.60 bits per heavy atom. The summed E-state index contributed by atoms with van der Waals surface area (Å²) < 4.78 is 0. The minimum absolute atomic E-state index is 0.703. The minimum atomic E-state index is 0.703. The summed E-state index contributed by atoms with van der Waals surface area (Å²) in [5.41, 5.74) is 0.974. The summed E-state index contributed by atoms with van der Waals surface area (Å²) >= 11 is 1.85. The summed E-state index contributed by atoms with van der Waals surface area (Å²) in [5.74, 6) is 1.58. The van der Waals surface area contributed by atoms with Gasteiger partial charge in [-0.1, -0.05) is 13.8 Å². The SMILES string of the molecule is CCCNc1nc(C)cc(NCc2ccc(CC)s2)n1. The van der Waals surface area contributed by atoms with Crippen LogP contribution in [0.2, 0.25) is 0 Å². The van der Waals surface area contributed by atoms with Crippen LogP contribution in [0.4, 0.5) is 11.8 Å². The molecule has 0 fully saturated rings. The zero-order valence-corrected chi connectivity index (χ0v) is 13.2. The minimum Gasteiger partial charge on any atom is -0.365 e. The fourth-order valence-corrected chi connectivity index (χ4v) is 2.76. The Balaban J connectivity index is 1.99. The van der Waals surface area contributed by atoms with Gasteiger partial charge in [0, 0.05) is 28.1 Å². The molecule has 2 aromatic heterocycles. The first-order chi connectivity index (χ1) is 9.71. The van der Waals surface area contributed by atoms with Crippen molar-refractivity contribution in [3.05, 3.63) is 33.6 Å². The predicted molar refractivity (Wildman–Crippen MR) is 86.6 cm³/mol. The van der Waals surface area contributed by atoms with Crippen molar-refractivity contribution in [1.29, 1.82) is 0 Å². The summed E-state index contributed by atoms with van der Waals surface area (Å²) in [6.07, 6.45) is 2.16. The monoisotopic (exact) mass is 290 g/mol. The number of aryl methyl sites for hydroxylation is 2. The lowest BCUT2D eigenvalue weighted by atomic mass is 10.3. The highest BCUT2D eigenvalue weighted by Crippen LogP contribution is 2.18. The quantitative estimate of drug-likeness (QED) is 0.813. The number of nitrogens with one attached hydrogen (secondary N) is 2. The van der Waals surface area contributed by atoms with Gasteiger partial charge in [0.1, 0.15) is 5.82 Å². The third-order valence-electron chi connectivity index (χ3n) is 2.90. The molecule has 0 amide bonds. The molecule has 0 radical (unpaired) electrons. The van der Waals surface area contributed by atoms with Gasteiger partial charge in [0.2, 0.25) is 5.95 Å². The summed E-state index contributed by atoms with van der Waals surface area (Å²) in [6.45, 7) is 8.01. The number of rotatable bonds is 7. The van der Waals surface area contributed by atoms with Gasteiger partial charge in [-0.2, -0.15) is 4.98 Å². The van der Waals surface area contributed by atoms with Gasteiger partial charge in [0.25, 0.3) is 0 Å². The molecule has 108 valence electrons. The smallest absolute Gasteiger partial charge is 0.224 e. The van der Waals surface area contributed by atoms with Gasteiger partial charge in [-0.15, -0.1) is 11.3 Å². The van der Waals surface area contributed by atoms with E-state index >= 15 is 0 Å². The Morgan fingerprint density at radius 1 is 1.10 bits per heavy atom. The van der Waals surface area contributed by atoms with Crippen molar-refractivity contribution >= 4 is 23.1 Å². The Labute approximate surface area is 124 Å². The van der Waals surface area contributed by atoms with Crippen LogP contribution in [0, 0.1) is 6.92 Å². The zero-order chi connectivity index (χ0) is 14.4. The average molecular weight is 290 g/mol. The second-order valence-corrected chi connectivity index (χ2v) is 5.97. The molecule has 2 rings (SSSR count). The van der Waals surface area contributed by atoms with Crippen molar-refractivity contribution in [3.8, 4) is 0 Å². The molecule has 0 unspecified atom stereocenters. The van der Waals surface area contributed by atoms with E-state index in [1.807, 2.05) is 24.3 Å². The van der Waals surface area contributed by atoms with E-state index in [2.05, 4.69) is 46.6 Å². The second kappa shape index (κ2) is 7.24. The van der Waals surface area contributed by atoms with Crippen molar-refractivity contribution in [1.82, 2.24) is 9.97 Å². The maximum atomic E-state index is 4.48.